The van der Waals surface area contributed by atoms with Gasteiger partial charge in [0.1, 0.15) is 6.07 Å². The zero-order valence-electron chi connectivity index (χ0n) is 8.98. The highest BCUT2D eigenvalue weighted by atomic mass is 15.1. The zero-order valence-corrected chi connectivity index (χ0v) is 8.98. The summed E-state index contributed by atoms with van der Waals surface area (Å²) in [5.74, 6) is 0.585. The van der Waals surface area contributed by atoms with Gasteiger partial charge in [0.2, 0.25) is 0 Å². The summed E-state index contributed by atoms with van der Waals surface area (Å²) in [6.07, 6.45) is 5.87. The molecule has 0 radical (unpaired) electrons. The third-order valence-corrected chi connectivity index (χ3v) is 3.08. The fourth-order valence-electron chi connectivity index (χ4n) is 2.08. The first-order valence-corrected chi connectivity index (χ1v) is 5.33. The van der Waals surface area contributed by atoms with E-state index in [1.807, 2.05) is 12.3 Å². The van der Waals surface area contributed by atoms with E-state index in [1.165, 1.54) is 18.4 Å². The van der Waals surface area contributed by atoms with E-state index in [1.54, 1.807) is 6.20 Å². The molecule has 15 heavy (non-hydrogen) atoms. The van der Waals surface area contributed by atoms with Crippen molar-refractivity contribution in [2.24, 2.45) is 0 Å². The Labute approximate surface area is 90.4 Å². The highest BCUT2D eigenvalue weighted by Gasteiger charge is 2.18. The molecule has 1 fully saturated rings. The Bertz CT molecular complexity index is 373. The van der Waals surface area contributed by atoms with Crippen LogP contribution in [0.5, 0.6) is 0 Å². The van der Waals surface area contributed by atoms with Gasteiger partial charge in [0, 0.05) is 12.4 Å². The standard InChI is InChI=1S/C12H15N3/c1-15-4-2-11(3-5-15)12-6-10(7-13)8-14-9-12/h6,8-9,11H,2-5H2,1H3. The minimum Gasteiger partial charge on any atom is -0.306 e. The lowest BCUT2D eigenvalue weighted by Crippen LogP contribution is -2.29. The van der Waals surface area contributed by atoms with Crippen LogP contribution < -0.4 is 0 Å². The van der Waals surface area contributed by atoms with Crippen molar-refractivity contribution in [2.45, 2.75) is 18.8 Å². The SMILES string of the molecule is CN1CCC(c2cncc(C#N)c2)CC1. The first-order valence-electron chi connectivity index (χ1n) is 5.33. The average Bonchev–Trinajstić information content (AvgIpc) is 2.30. The highest BCUT2D eigenvalue weighted by Crippen LogP contribution is 2.27. The molecule has 1 aromatic rings. The minimum atomic E-state index is 0.585. The third kappa shape index (κ3) is 2.34. The van der Waals surface area contributed by atoms with Crippen molar-refractivity contribution in [3.63, 3.8) is 0 Å². The maximum atomic E-state index is 8.80. The molecule has 0 aromatic carbocycles. The number of nitrogens with zero attached hydrogens (tertiary/aromatic N) is 3. The predicted octanol–water partition coefficient (Wildman–Crippen LogP) is 1.76. The molecule has 1 aliphatic rings. The second kappa shape index (κ2) is 4.41. The van der Waals surface area contributed by atoms with E-state index < -0.39 is 0 Å². The molecule has 1 aromatic heterocycles. The molecule has 0 aliphatic carbocycles. The lowest BCUT2D eigenvalue weighted by molar-refractivity contribution is 0.255. The number of hydrogen-bond donors (Lipinski definition) is 0. The van der Waals surface area contributed by atoms with E-state index in [9.17, 15) is 0 Å². The second-order valence-electron chi connectivity index (χ2n) is 4.20. The van der Waals surface area contributed by atoms with Gasteiger partial charge in [-0.3, -0.25) is 4.98 Å². The van der Waals surface area contributed by atoms with E-state index in [0.29, 0.717) is 11.5 Å². The highest BCUT2D eigenvalue weighted by molar-refractivity contribution is 5.30. The Morgan fingerprint density at radius 1 is 1.40 bits per heavy atom. The molecule has 1 aliphatic heterocycles. The monoisotopic (exact) mass is 201 g/mol. The van der Waals surface area contributed by atoms with E-state index in [0.717, 1.165) is 13.1 Å². The molecule has 78 valence electrons. The van der Waals surface area contributed by atoms with Crippen LogP contribution in [0, 0.1) is 11.3 Å². The van der Waals surface area contributed by atoms with E-state index in [-0.39, 0.29) is 0 Å². The summed E-state index contributed by atoms with van der Waals surface area (Å²) < 4.78 is 0. The van der Waals surface area contributed by atoms with Gasteiger partial charge < -0.3 is 4.90 Å². The van der Waals surface area contributed by atoms with Crippen LogP contribution in [-0.4, -0.2) is 30.0 Å². The van der Waals surface area contributed by atoms with Crippen LogP contribution in [0.3, 0.4) is 0 Å². The largest absolute Gasteiger partial charge is 0.306 e. The molecule has 0 saturated carbocycles. The average molecular weight is 201 g/mol. The molecule has 0 N–H and O–H groups in total. The number of rotatable bonds is 1. The molecule has 3 nitrogen and oxygen atoms in total. The van der Waals surface area contributed by atoms with Crippen molar-refractivity contribution in [1.82, 2.24) is 9.88 Å². The molecule has 0 amide bonds. The van der Waals surface area contributed by atoms with E-state index in [2.05, 4.69) is 23.0 Å². The zero-order chi connectivity index (χ0) is 10.7. The normalized spacial score (nSPS) is 18.7. The van der Waals surface area contributed by atoms with Gasteiger partial charge >= 0.3 is 0 Å². The number of aromatic nitrogens is 1. The van der Waals surface area contributed by atoms with Crippen LogP contribution in [0.2, 0.25) is 0 Å². The quantitative estimate of drug-likeness (QED) is 0.695. The van der Waals surface area contributed by atoms with Gasteiger partial charge in [-0.1, -0.05) is 0 Å². The number of pyridine rings is 1. The van der Waals surface area contributed by atoms with Gasteiger partial charge in [0.25, 0.3) is 0 Å². The number of likely N-dealkylation sites (tertiary alicyclic amines) is 1. The summed E-state index contributed by atoms with van der Waals surface area (Å²) >= 11 is 0. The van der Waals surface area contributed by atoms with Gasteiger partial charge in [-0.25, -0.2) is 0 Å². The lowest BCUT2D eigenvalue weighted by Gasteiger charge is -2.28. The summed E-state index contributed by atoms with van der Waals surface area (Å²) in [6.45, 7) is 2.28. The van der Waals surface area contributed by atoms with Crippen molar-refractivity contribution >= 4 is 0 Å². The number of hydrogen-bond acceptors (Lipinski definition) is 3. The first kappa shape index (κ1) is 10.1. The Balaban J connectivity index is 2.12. The number of nitriles is 1. The summed E-state index contributed by atoms with van der Waals surface area (Å²) in [5.41, 5.74) is 1.90. The van der Waals surface area contributed by atoms with Gasteiger partial charge in [0.15, 0.2) is 0 Å². The van der Waals surface area contributed by atoms with Crippen molar-refractivity contribution in [3.05, 3.63) is 29.6 Å². The van der Waals surface area contributed by atoms with Gasteiger partial charge in [-0.15, -0.1) is 0 Å². The van der Waals surface area contributed by atoms with Crippen LogP contribution in [0.1, 0.15) is 29.9 Å². The Kier molecular flexibility index (Phi) is 2.98. The molecule has 3 heteroatoms. The van der Waals surface area contributed by atoms with Gasteiger partial charge in [-0.05, 0) is 50.5 Å². The Morgan fingerprint density at radius 3 is 2.80 bits per heavy atom. The van der Waals surface area contributed by atoms with Crippen molar-refractivity contribution in [3.8, 4) is 6.07 Å². The van der Waals surface area contributed by atoms with Crippen molar-refractivity contribution in [2.75, 3.05) is 20.1 Å². The van der Waals surface area contributed by atoms with Crippen LogP contribution in [-0.2, 0) is 0 Å². The fourth-order valence-corrected chi connectivity index (χ4v) is 2.08. The Morgan fingerprint density at radius 2 is 2.13 bits per heavy atom. The molecular formula is C12H15N3. The summed E-state index contributed by atoms with van der Waals surface area (Å²) in [6, 6.07) is 4.12. The topological polar surface area (TPSA) is 39.9 Å². The van der Waals surface area contributed by atoms with Crippen LogP contribution in [0.25, 0.3) is 0 Å². The molecule has 0 atom stereocenters. The molecule has 0 unspecified atom stereocenters. The Hall–Kier alpha value is -1.40. The third-order valence-electron chi connectivity index (χ3n) is 3.08. The fraction of sp³-hybridized carbons (Fsp3) is 0.500. The minimum absolute atomic E-state index is 0.585. The van der Waals surface area contributed by atoms with Crippen molar-refractivity contribution in [1.29, 1.82) is 5.26 Å². The lowest BCUT2D eigenvalue weighted by atomic mass is 9.90. The molecule has 1 saturated heterocycles. The summed E-state index contributed by atoms with van der Waals surface area (Å²) in [4.78, 5) is 6.46. The van der Waals surface area contributed by atoms with Crippen LogP contribution in [0.15, 0.2) is 18.5 Å². The molecule has 0 bridgehead atoms. The van der Waals surface area contributed by atoms with Gasteiger partial charge in [0.05, 0.1) is 5.56 Å². The van der Waals surface area contributed by atoms with Crippen LogP contribution in [0.4, 0.5) is 0 Å². The summed E-state index contributed by atoms with van der Waals surface area (Å²) in [7, 11) is 2.15. The number of piperidine rings is 1. The maximum Gasteiger partial charge on any atom is 0.101 e. The second-order valence-corrected chi connectivity index (χ2v) is 4.20. The summed E-state index contributed by atoms with van der Waals surface area (Å²) in [5, 5.41) is 8.80. The predicted molar refractivity (Wildman–Crippen MR) is 58.4 cm³/mol. The molecular weight excluding hydrogens is 186 g/mol. The van der Waals surface area contributed by atoms with Gasteiger partial charge in [-0.2, -0.15) is 5.26 Å². The molecule has 2 heterocycles. The molecule has 2 rings (SSSR count). The van der Waals surface area contributed by atoms with Crippen LogP contribution >= 0.6 is 0 Å². The smallest absolute Gasteiger partial charge is 0.101 e. The van der Waals surface area contributed by atoms with Crippen molar-refractivity contribution < 1.29 is 0 Å². The van der Waals surface area contributed by atoms with E-state index >= 15 is 0 Å². The first-order chi connectivity index (χ1) is 7.29. The maximum absolute atomic E-state index is 8.80. The van der Waals surface area contributed by atoms with E-state index in [4.69, 9.17) is 5.26 Å². The molecule has 0 spiro atoms.